The Bertz CT molecular complexity index is 396. The minimum atomic E-state index is 0.374. The fourth-order valence-electron chi connectivity index (χ4n) is 2.77. The van der Waals surface area contributed by atoms with Crippen molar-refractivity contribution in [2.45, 2.75) is 45.1 Å². The molecule has 2 nitrogen and oxygen atoms in total. The molecule has 0 amide bonds. The van der Waals surface area contributed by atoms with Gasteiger partial charge < -0.3 is 5.32 Å². The van der Waals surface area contributed by atoms with Gasteiger partial charge in [0, 0.05) is 6.04 Å². The third-order valence-electron chi connectivity index (χ3n) is 4.02. The fourth-order valence-corrected chi connectivity index (χ4v) is 2.77. The van der Waals surface area contributed by atoms with E-state index in [1.807, 2.05) is 24.3 Å². The van der Waals surface area contributed by atoms with E-state index in [-0.39, 0.29) is 0 Å². The maximum absolute atomic E-state index is 8.76. The van der Waals surface area contributed by atoms with Crippen LogP contribution in [-0.4, -0.2) is 6.54 Å². The van der Waals surface area contributed by atoms with Gasteiger partial charge in [0.1, 0.15) is 0 Å². The third-order valence-corrected chi connectivity index (χ3v) is 4.02. The number of nitrogens with one attached hydrogen (secondary N) is 1. The van der Waals surface area contributed by atoms with Crippen LogP contribution in [0.5, 0.6) is 0 Å². The van der Waals surface area contributed by atoms with Crippen molar-refractivity contribution in [3.8, 4) is 6.07 Å². The minimum absolute atomic E-state index is 0.374. The van der Waals surface area contributed by atoms with Gasteiger partial charge in [-0.15, -0.1) is 0 Å². The molecule has 1 N–H and O–H groups in total. The predicted molar refractivity (Wildman–Crippen MR) is 74.1 cm³/mol. The maximum Gasteiger partial charge on any atom is 0.0991 e. The molecule has 1 aromatic carbocycles. The third kappa shape index (κ3) is 3.58. The zero-order valence-corrected chi connectivity index (χ0v) is 11.2. The second kappa shape index (κ2) is 6.56. The summed E-state index contributed by atoms with van der Waals surface area (Å²) in [4.78, 5) is 0. The first kappa shape index (κ1) is 13.1. The number of hydrogen-bond acceptors (Lipinski definition) is 2. The molecule has 1 atom stereocenters. The van der Waals surface area contributed by atoms with Crippen LogP contribution < -0.4 is 5.32 Å². The Balaban J connectivity index is 1.76. The van der Waals surface area contributed by atoms with Gasteiger partial charge in [-0.2, -0.15) is 5.26 Å². The summed E-state index contributed by atoms with van der Waals surface area (Å²) in [5, 5.41) is 12.3. The largest absolute Gasteiger partial charge is 0.310 e. The monoisotopic (exact) mass is 242 g/mol. The highest BCUT2D eigenvalue weighted by Gasteiger charge is 2.14. The van der Waals surface area contributed by atoms with Crippen LogP contribution in [0.4, 0.5) is 0 Å². The number of nitrogens with zero attached hydrogens (tertiary/aromatic N) is 1. The van der Waals surface area contributed by atoms with Gasteiger partial charge in [0.25, 0.3) is 0 Å². The smallest absolute Gasteiger partial charge is 0.0991 e. The van der Waals surface area contributed by atoms with Crippen molar-refractivity contribution in [3.63, 3.8) is 0 Å². The lowest BCUT2D eigenvalue weighted by atomic mass is 10.0. The van der Waals surface area contributed by atoms with Gasteiger partial charge in [-0.05, 0) is 43.5 Å². The van der Waals surface area contributed by atoms with E-state index in [0.29, 0.717) is 6.04 Å². The summed E-state index contributed by atoms with van der Waals surface area (Å²) in [6.07, 6.45) is 7.01. The first-order valence-electron chi connectivity index (χ1n) is 7.03. The molecule has 18 heavy (non-hydrogen) atoms. The molecule has 0 aromatic heterocycles. The van der Waals surface area contributed by atoms with E-state index >= 15 is 0 Å². The Hall–Kier alpha value is -1.33. The van der Waals surface area contributed by atoms with Gasteiger partial charge in [-0.3, -0.25) is 0 Å². The van der Waals surface area contributed by atoms with Crippen molar-refractivity contribution in [3.05, 3.63) is 35.4 Å². The van der Waals surface area contributed by atoms with E-state index in [1.54, 1.807) is 0 Å². The van der Waals surface area contributed by atoms with Gasteiger partial charge >= 0.3 is 0 Å². The van der Waals surface area contributed by atoms with Gasteiger partial charge in [-0.25, -0.2) is 0 Å². The standard InChI is InChI=1S/C16H22N2/c1-13(16-8-6-15(12-17)7-9-16)18-11-10-14-4-2-3-5-14/h6-9,13-14,18H,2-5,10-11H2,1H3. The summed E-state index contributed by atoms with van der Waals surface area (Å²) in [6, 6.07) is 10.4. The van der Waals surface area contributed by atoms with E-state index in [1.165, 1.54) is 37.7 Å². The van der Waals surface area contributed by atoms with Gasteiger partial charge in [-0.1, -0.05) is 37.8 Å². The molecule has 0 saturated heterocycles. The average molecular weight is 242 g/mol. The Labute approximate surface area is 110 Å². The quantitative estimate of drug-likeness (QED) is 0.852. The predicted octanol–water partition coefficient (Wildman–Crippen LogP) is 3.79. The lowest BCUT2D eigenvalue weighted by molar-refractivity contribution is 0.455. The fraction of sp³-hybridized carbons (Fsp3) is 0.562. The second-order valence-electron chi connectivity index (χ2n) is 5.35. The molecule has 0 heterocycles. The van der Waals surface area contributed by atoms with Crippen LogP contribution in [0.1, 0.15) is 56.2 Å². The van der Waals surface area contributed by atoms with Crippen LogP contribution in [0.15, 0.2) is 24.3 Å². The normalized spacial score (nSPS) is 17.6. The number of nitriles is 1. The molecule has 1 aliphatic carbocycles. The molecule has 0 aliphatic heterocycles. The lowest BCUT2D eigenvalue weighted by Crippen LogP contribution is -2.21. The molecule has 0 bridgehead atoms. The van der Waals surface area contributed by atoms with E-state index in [0.717, 1.165) is 18.0 Å². The minimum Gasteiger partial charge on any atom is -0.310 e. The second-order valence-corrected chi connectivity index (χ2v) is 5.35. The van der Waals surface area contributed by atoms with Gasteiger partial charge in [0.15, 0.2) is 0 Å². The Morgan fingerprint density at radius 3 is 2.56 bits per heavy atom. The summed E-state index contributed by atoms with van der Waals surface area (Å²) in [6.45, 7) is 3.29. The molecule has 0 spiro atoms. The molecule has 1 unspecified atom stereocenters. The highest BCUT2D eigenvalue weighted by molar-refractivity contribution is 5.32. The molecule has 1 saturated carbocycles. The zero-order chi connectivity index (χ0) is 12.8. The molecule has 1 aromatic rings. The van der Waals surface area contributed by atoms with Crippen LogP contribution in [-0.2, 0) is 0 Å². The molecule has 96 valence electrons. The highest BCUT2D eigenvalue weighted by Crippen LogP contribution is 2.27. The average Bonchev–Trinajstić information content (AvgIpc) is 2.92. The number of hydrogen-bond donors (Lipinski definition) is 1. The first-order valence-corrected chi connectivity index (χ1v) is 7.03. The molecule has 1 aliphatic rings. The summed E-state index contributed by atoms with van der Waals surface area (Å²) >= 11 is 0. The van der Waals surface area contributed by atoms with Crippen LogP contribution in [0.3, 0.4) is 0 Å². The Morgan fingerprint density at radius 2 is 1.94 bits per heavy atom. The van der Waals surface area contributed by atoms with Crippen LogP contribution >= 0.6 is 0 Å². The molecular weight excluding hydrogens is 220 g/mol. The van der Waals surface area contributed by atoms with Gasteiger partial charge in [0.05, 0.1) is 11.6 Å². The van der Waals surface area contributed by atoms with Crippen molar-refractivity contribution in [2.24, 2.45) is 5.92 Å². The van der Waals surface area contributed by atoms with Gasteiger partial charge in [0.2, 0.25) is 0 Å². The zero-order valence-electron chi connectivity index (χ0n) is 11.2. The van der Waals surface area contributed by atoms with Crippen LogP contribution in [0.2, 0.25) is 0 Å². The lowest BCUT2D eigenvalue weighted by Gasteiger charge is -2.16. The summed E-state index contributed by atoms with van der Waals surface area (Å²) in [5.41, 5.74) is 2.00. The van der Waals surface area contributed by atoms with E-state index in [4.69, 9.17) is 5.26 Å². The molecule has 1 fully saturated rings. The van der Waals surface area contributed by atoms with Crippen molar-refractivity contribution < 1.29 is 0 Å². The first-order chi connectivity index (χ1) is 8.79. The topological polar surface area (TPSA) is 35.8 Å². The number of benzene rings is 1. The van der Waals surface area contributed by atoms with Crippen molar-refractivity contribution >= 4 is 0 Å². The van der Waals surface area contributed by atoms with E-state index < -0.39 is 0 Å². The maximum atomic E-state index is 8.76. The van der Waals surface area contributed by atoms with E-state index in [9.17, 15) is 0 Å². The SMILES string of the molecule is CC(NCCC1CCCC1)c1ccc(C#N)cc1. The molecule has 2 rings (SSSR count). The summed E-state index contributed by atoms with van der Waals surface area (Å²) in [5.74, 6) is 0.950. The van der Waals surface area contributed by atoms with Crippen LogP contribution in [0.25, 0.3) is 0 Å². The summed E-state index contributed by atoms with van der Waals surface area (Å²) in [7, 11) is 0. The highest BCUT2D eigenvalue weighted by atomic mass is 14.9. The summed E-state index contributed by atoms with van der Waals surface area (Å²) < 4.78 is 0. The number of rotatable bonds is 5. The van der Waals surface area contributed by atoms with E-state index in [2.05, 4.69) is 18.3 Å². The Kier molecular flexibility index (Phi) is 4.78. The Morgan fingerprint density at radius 1 is 1.28 bits per heavy atom. The van der Waals surface area contributed by atoms with Crippen molar-refractivity contribution in [1.29, 1.82) is 5.26 Å². The molecular formula is C16H22N2. The molecule has 2 heteroatoms. The molecule has 0 radical (unpaired) electrons. The van der Waals surface area contributed by atoms with Crippen molar-refractivity contribution in [2.75, 3.05) is 6.54 Å². The van der Waals surface area contributed by atoms with Crippen molar-refractivity contribution in [1.82, 2.24) is 5.32 Å². The van der Waals surface area contributed by atoms with Crippen LogP contribution in [0, 0.1) is 17.2 Å².